The van der Waals surface area contributed by atoms with Gasteiger partial charge < -0.3 is 4.90 Å². The van der Waals surface area contributed by atoms with Crippen LogP contribution in [0, 0.1) is 5.82 Å². The fourth-order valence-electron chi connectivity index (χ4n) is 3.85. The third kappa shape index (κ3) is 3.49. The Morgan fingerprint density at radius 1 is 0.933 bits per heavy atom. The van der Waals surface area contributed by atoms with Crippen LogP contribution in [-0.4, -0.2) is 60.8 Å². The summed E-state index contributed by atoms with van der Waals surface area (Å²) in [7, 11) is -3.63. The lowest BCUT2D eigenvalue weighted by Gasteiger charge is -2.32. The van der Waals surface area contributed by atoms with Crippen molar-refractivity contribution in [2.45, 2.75) is 23.0 Å². The Balaban J connectivity index is 1.39. The maximum absolute atomic E-state index is 13.1. The van der Waals surface area contributed by atoms with E-state index >= 15 is 0 Å². The molecule has 2 aromatic carbocycles. The van der Waals surface area contributed by atoms with E-state index in [1.54, 1.807) is 24.3 Å². The molecule has 0 bridgehead atoms. The van der Waals surface area contributed by atoms with Crippen LogP contribution in [0.3, 0.4) is 0 Å². The monoisotopic (exact) mass is 430 g/mol. The van der Waals surface area contributed by atoms with Crippen molar-refractivity contribution in [2.75, 3.05) is 19.6 Å². The van der Waals surface area contributed by atoms with Gasteiger partial charge in [-0.2, -0.15) is 0 Å². The first-order valence-corrected chi connectivity index (χ1v) is 11.1. The molecule has 9 heteroatoms. The zero-order valence-electron chi connectivity index (χ0n) is 16.0. The second-order valence-electron chi connectivity index (χ2n) is 7.32. The van der Waals surface area contributed by atoms with Crippen molar-refractivity contribution in [3.8, 4) is 0 Å². The van der Waals surface area contributed by atoms with Crippen LogP contribution in [0.5, 0.6) is 0 Å². The minimum Gasteiger partial charge on any atom is -0.341 e. The summed E-state index contributed by atoms with van der Waals surface area (Å²) < 4.78 is 38.6. The quantitative estimate of drug-likeness (QED) is 0.546. The molecule has 0 aromatic heterocycles. The molecule has 0 N–H and O–H groups in total. The van der Waals surface area contributed by atoms with Crippen molar-refractivity contribution >= 4 is 27.6 Å². The molecule has 1 fully saturated rings. The van der Waals surface area contributed by atoms with Gasteiger partial charge in [-0.05, 0) is 49.2 Å². The average molecular weight is 430 g/mol. The van der Waals surface area contributed by atoms with E-state index in [1.807, 2.05) is 0 Å². The lowest BCUT2D eigenvalue weighted by molar-refractivity contribution is -0.132. The van der Waals surface area contributed by atoms with Gasteiger partial charge in [0.2, 0.25) is 5.91 Å². The van der Waals surface area contributed by atoms with Crippen molar-refractivity contribution in [1.82, 2.24) is 9.80 Å². The summed E-state index contributed by atoms with van der Waals surface area (Å²) in [4.78, 5) is 39.9. The Labute approximate surface area is 173 Å². The van der Waals surface area contributed by atoms with Crippen molar-refractivity contribution in [3.63, 3.8) is 0 Å². The van der Waals surface area contributed by atoms with Crippen molar-refractivity contribution < 1.29 is 27.2 Å². The van der Waals surface area contributed by atoms with Crippen LogP contribution in [-0.2, 0) is 14.6 Å². The third-order valence-corrected chi connectivity index (χ3v) is 7.83. The number of carbonyl (C=O) groups excluding carboxylic acids is 3. The number of carbonyl (C=O) groups is 3. The van der Waals surface area contributed by atoms with Crippen LogP contribution < -0.4 is 0 Å². The largest absolute Gasteiger partial charge is 0.341 e. The first-order valence-electron chi connectivity index (χ1n) is 9.51. The predicted molar refractivity (Wildman–Crippen MR) is 105 cm³/mol. The summed E-state index contributed by atoms with van der Waals surface area (Å²) in [6.45, 7) is 0.0297. The molecule has 2 aliphatic heterocycles. The molecule has 156 valence electrons. The number of halogens is 1. The van der Waals surface area contributed by atoms with Gasteiger partial charge in [0.05, 0.1) is 21.3 Å². The van der Waals surface area contributed by atoms with E-state index in [9.17, 15) is 27.2 Å². The van der Waals surface area contributed by atoms with Crippen LogP contribution in [0.1, 0.15) is 33.6 Å². The molecule has 2 aliphatic rings. The molecule has 0 aliphatic carbocycles. The Kier molecular flexibility index (Phi) is 5.15. The van der Waals surface area contributed by atoms with E-state index in [1.165, 1.54) is 17.0 Å². The van der Waals surface area contributed by atoms with E-state index in [-0.39, 0.29) is 48.5 Å². The van der Waals surface area contributed by atoms with Crippen molar-refractivity contribution in [2.24, 2.45) is 0 Å². The average Bonchev–Trinajstić information content (AvgIpc) is 2.99. The number of benzene rings is 2. The lowest BCUT2D eigenvalue weighted by atomic mass is 10.1. The number of sulfone groups is 1. The van der Waals surface area contributed by atoms with E-state index in [2.05, 4.69) is 0 Å². The molecule has 0 atom stereocenters. The highest BCUT2D eigenvalue weighted by Crippen LogP contribution is 2.26. The molecule has 0 radical (unpaired) electrons. The number of fused-ring (bicyclic) bond motifs is 1. The lowest BCUT2D eigenvalue weighted by Crippen LogP contribution is -2.47. The number of hydrogen-bond acceptors (Lipinski definition) is 5. The van der Waals surface area contributed by atoms with E-state index < -0.39 is 38.6 Å². The number of likely N-dealkylation sites (tertiary alicyclic amines) is 1. The summed E-state index contributed by atoms with van der Waals surface area (Å²) in [6.07, 6.45) is 0.459. The zero-order chi connectivity index (χ0) is 21.5. The molecule has 0 saturated carbocycles. The van der Waals surface area contributed by atoms with Crippen LogP contribution >= 0.6 is 0 Å². The molecule has 2 heterocycles. The number of imide groups is 1. The van der Waals surface area contributed by atoms with E-state index in [0.717, 1.165) is 17.0 Å². The summed E-state index contributed by atoms with van der Waals surface area (Å²) in [5.41, 5.74) is 0.554. The van der Waals surface area contributed by atoms with Crippen LogP contribution in [0.2, 0.25) is 0 Å². The smallest absolute Gasteiger partial charge is 0.262 e. The fourth-order valence-corrected chi connectivity index (χ4v) is 5.58. The molecule has 4 rings (SSSR count). The number of piperidine rings is 1. The maximum atomic E-state index is 13.1. The molecular weight excluding hydrogens is 411 g/mol. The first-order chi connectivity index (χ1) is 14.3. The Morgan fingerprint density at radius 3 is 2.00 bits per heavy atom. The molecule has 2 aromatic rings. The number of amides is 3. The number of nitrogens with zero attached hydrogens (tertiary/aromatic N) is 2. The van der Waals surface area contributed by atoms with Gasteiger partial charge in [0.1, 0.15) is 12.4 Å². The highest BCUT2D eigenvalue weighted by atomic mass is 32.2. The highest BCUT2D eigenvalue weighted by Gasteiger charge is 2.38. The van der Waals surface area contributed by atoms with Crippen LogP contribution in [0.25, 0.3) is 0 Å². The normalized spacial score (nSPS) is 17.4. The summed E-state index contributed by atoms with van der Waals surface area (Å²) in [6, 6.07) is 11.1. The van der Waals surface area contributed by atoms with Crippen LogP contribution in [0.4, 0.5) is 4.39 Å². The summed E-state index contributed by atoms with van der Waals surface area (Å²) in [5.74, 6) is -1.92. The van der Waals surface area contributed by atoms with Gasteiger partial charge in [-0.15, -0.1) is 0 Å². The van der Waals surface area contributed by atoms with Gasteiger partial charge in [0.25, 0.3) is 11.8 Å². The van der Waals surface area contributed by atoms with Gasteiger partial charge in [0, 0.05) is 13.1 Å². The second-order valence-corrected chi connectivity index (χ2v) is 9.55. The molecule has 3 amide bonds. The summed E-state index contributed by atoms with van der Waals surface area (Å²) >= 11 is 0. The SMILES string of the molecule is O=C(CN1C(=O)c2ccccc2C1=O)N1CCC(S(=O)(=O)c2ccc(F)cc2)CC1. The van der Waals surface area contributed by atoms with E-state index in [0.29, 0.717) is 0 Å². The van der Waals surface area contributed by atoms with E-state index in [4.69, 9.17) is 0 Å². The molecular formula is C21H19FN2O5S. The van der Waals surface area contributed by atoms with Gasteiger partial charge >= 0.3 is 0 Å². The topological polar surface area (TPSA) is 91.8 Å². The second kappa shape index (κ2) is 7.64. The van der Waals surface area contributed by atoms with Crippen molar-refractivity contribution in [3.05, 3.63) is 65.5 Å². The Hall–Kier alpha value is -3.07. The first kappa shape index (κ1) is 20.2. The molecule has 1 saturated heterocycles. The van der Waals surface area contributed by atoms with Gasteiger partial charge in [-0.25, -0.2) is 12.8 Å². The zero-order valence-corrected chi connectivity index (χ0v) is 16.8. The maximum Gasteiger partial charge on any atom is 0.262 e. The van der Waals surface area contributed by atoms with Gasteiger partial charge in [-0.3, -0.25) is 19.3 Å². The number of rotatable bonds is 4. The third-order valence-electron chi connectivity index (χ3n) is 5.55. The fraction of sp³-hybridized carbons (Fsp3) is 0.286. The Bertz CT molecular complexity index is 1090. The Morgan fingerprint density at radius 2 is 1.47 bits per heavy atom. The van der Waals surface area contributed by atoms with Gasteiger partial charge in [-0.1, -0.05) is 12.1 Å². The van der Waals surface area contributed by atoms with Crippen LogP contribution in [0.15, 0.2) is 53.4 Å². The number of hydrogen-bond donors (Lipinski definition) is 0. The standard InChI is InChI=1S/C21H19FN2O5S/c22-14-5-7-15(8-6-14)30(28,29)16-9-11-23(12-10-16)19(25)13-24-20(26)17-3-1-2-4-18(17)21(24)27/h1-8,16H,9-13H2. The predicted octanol–water partition coefficient (Wildman–Crippen LogP) is 1.89. The molecule has 30 heavy (non-hydrogen) atoms. The minimum absolute atomic E-state index is 0.0553. The minimum atomic E-state index is -3.63. The van der Waals surface area contributed by atoms with Gasteiger partial charge in [0.15, 0.2) is 9.84 Å². The highest BCUT2D eigenvalue weighted by molar-refractivity contribution is 7.92. The molecule has 0 spiro atoms. The van der Waals surface area contributed by atoms with Crippen molar-refractivity contribution in [1.29, 1.82) is 0 Å². The molecule has 0 unspecified atom stereocenters. The summed E-state index contributed by atoms with van der Waals surface area (Å²) in [5, 5.41) is -0.675. The molecule has 7 nitrogen and oxygen atoms in total.